The zero-order valence-electron chi connectivity index (χ0n) is 11.3. The molecule has 1 aliphatic heterocycles. The molecule has 2 aromatic carbocycles. The minimum absolute atomic E-state index is 0.328. The fourth-order valence-corrected chi connectivity index (χ4v) is 2.45. The van der Waals surface area contributed by atoms with Crippen LogP contribution < -0.4 is 4.90 Å². The van der Waals surface area contributed by atoms with E-state index in [0.717, 1.165) is 16.0 Å². The predicted molar refractivity (Wildman–Crippen MR) is 83.1 cm³/mol. The molecule has 0 radical (unpaired) electrons. The van der Waals surface area contributed by atoms with E-state index in [1.54, 1.807) is 24.3 Å². The van der Waals surface area contributed by atoms with Gasteiger partial charge in [-0.15, -0.1) is 0 Å². The highest BCUT2D eigenvalue weighted by atomic mass is 35.5. The van der Waals surface area contributed by atoms with Gasteiger partial charge in [-0.3, -0.25) is 9.59 Å². The van der Waals surface area contributed by atoms with Gasteiger partial charge in [-0.1, -0.05) is 47.5 Å². The van der Waals surface area contributed by atoms with Gasteiger partial charge in [0.15, 0.2) is 0 Å². The minimum Gasteiger partial charge on any atom is -0.269 e. The molecule has 0 unspecified atom stereocenters. The Morgan fingerprint density at radius 3 is 2.38 bits per heavy atom. The lowest BCUT2D eigenvalue weighted by Gasteiger charge is -2.15. The summed E-state index contributed by atoms with van der Waals surface area (Å²) in [5.41, 5.74) is 2.72. The molecular formula is C17H12ClNO2. The zero-order valence-corrected chi connectivity index (χ0v) is 12.1. The molecule has 0 saturated carbocycles. The molecule has 3 rings (SSSR count). The van der Waals surface area contributed by atoms with Gasteiger partial charge in [-0.25, -0.2) is 4.90 Å². The second kappa shape index (κ2) is 5.19. The van der Waals surface area contributed by atoms with Gasteiger partial charge in [-0.2, -0.15) is 0 Å². The van der Waals surface area contributed by atoms with Crippen LogP contribution in [0.4, 0.5) is 5.69 Å². The second-order valence-corrected chi connectivity index (χ2v) is 5.32. The molecule has 4 heteroatoms. The lowest BCUT2D eigenvalue weighted by molar-refractivity contribution is -0.119. The van der Waals surface area contributed by atoms with Gasteiger partial charge in [0, 0.05) is 11.1 Å². The van der Waals surface area contributed by atoms with Gasteiger partial charge in [0.1, 0.15) is 0 Å². The Balaban J connectivity index is 1.97. The molecular weight excluding hydrogens is 286 g/mol. The van der Waals surface area contributed by atoms with Crippen LogP contribution in [-0.4, -0.2) is 11.8 Å². The van der Waals surface area contributed by atoms with E-state index in [1.807, 2.05) is 31.2 Å². The highest BCUT2D eigenvalue weighted by Crippen LogP contribution is 2.29. The molecule has 1 heterocycles. The van der Waals surface area contributed by atoms with Crippen molar-refractivity contribution in [3.8, 4) is 0 Å². The average Bonchev–Trinajstić information content (AvgIpc) is 2.75. The summed E-state index contributed by atoms with van der Waals surface area (Å²) in [6.07, 6.45) is 1.37. The molecule has 0 bridgehead atoms. The fourth-order valence-electron chi connectivity index (χ4n) is 2.27. The summed E-state index contributed by atoms with van der Waals surface area (Å²) in [5.74, 6) is -0.677. The molecule has 2 amide bonds. The Bertz CT molecular complexity index is 763. The Morgan fingerprint density at radius 1 is 1.00 bits per heavy atom. The standard InChI is InChI=1S/C17H12ClNO2/c1-11-5-7-12(8-6-11)15-10-16(20)19(17(15)21)14-4-2-3-13(18)9-14/h2-10H,1H3. The number of aryl methyl sites for hydroxylation is 1. The maximum atomic E-state index is 12.5. The number of halogens is 1. The van der Waals surface area contributed by atoms with Crippen LogP contribution in [0.15, 0.2) is 54.6 Å². The molecule has 0 aromatic heterocycles. The van der Waals surface area contributed by atoms with Crippen molar-refractivity contribution in [2.75, 3.05) is 4.90 Å². The Morgan fingerprint density at radius 2 is 1.71 bits per heavy atom. The highest BCUT2D eigenvalue weighted by molar-refractivity contribution is 6.43. The molecule has 1 aliphatic rings. The third-order valence-corrected chi connectivity index (χ3v) is 3.59. The predicted octanol–water partition coefficient (Wildman–Crippen LogP) is 3.61. The maximum absolute atomic E-state index is 12.5. The fraction of sp³-hybridized carbons (Fsp3) is 0.0588. The number of anilines is 1. The maximum Gasteiger partial charge on any atom is 0.266 e. The van der Waals surface area contributed by atoms with Crippen LogP contribution in [0.3, 0.4) is 0 Å². The van der Waals surface area contributed by atoms with Gasteiger partial charge in [0.05, 0.1) is 11.3 Å². The lowest BCUT2D eigenvalue weighted by atomic mass is 10.0. The van der Waals surface area contributed by atoms with Crippen LogP contribution in [0.2, 0.25) is 5.02 Å². The lowest BCUT2D eigenvalue weighted by Crippen LogP contribution is -2.30. The summed E-state index contributed by atoms with van der Waals surface area (Å²) in [5, 5.41) is 0.483. The summed E-state index contributed by atoms with van der Waals surface area (Å²) >= 11 is 5.92. The van der Waals surface area contributed by atoms with Crippen LogP contribution in [0, 0.1) is 6.92 Å². The number of carbonyl (C=O) groups excluding carboxylic acids is 2. The topological polar surface area (TPSA) is 37.4 Å². The van der Waals surface area contributed by atoms with Gasteiger partial charge in [-0.05, 0) is 30.7 Å². The van der Waals surface area contributed by atoms with Gasteiger partial charge < -0.3 is 0 Å². The van der Waals surface area contributed by atoms with Crippen LogP contribution in [-0.2, 0) is 9.59 Å². The van der Waals surface area contributed by atoms with E-state index in [9.17, 15) is 9.59 Å². The van der Waals surface area contributed by atoms with E-state index in [2.05, 4.69) is 0 Å². The Labute approximate surface area is 127 Å². The quantitative estimate of drug-likeness (QED) is 0.794. The van der Waals surface area contributed by atoms with Crippen LogP contribution >= 0.6 is 11.6 Å². The first-order chi connectivity index (χ1) is 10.1. The molecule has 0 fully saturated rings. The first-order valence-electron chi connectivity index (χ1n) is 6.49. The highest BCUT2D eigenvalue weighted by Gasteiger charge is 2.32. The van der Waals surface area contributed by atoms with Crippen LogP contribution in [0.25, 0.3) is 5.57 Å². The van der Waals surface area contributed by atoms with Crippen LogP contribution in [0.1, 0.15) is 11.1 Å². The number of carbonyl (C=O) groups is 2. The van der Waals surface area contributed by atoms with E-state index in [0.29, 0.717) is 16.3 Å². The molecule has 0 aliphatic carbocycles. The smallest absolute Gasteiger partial charge is 0.266 e. The first kappa shape index (κ1) is 13.6. The summed E-state index contributed by atoms with van der Waals surface area (Å²) in [6.45, 7) is 1.97. The Kier molecular flexibility index (Phi) is 3.35. The monoisotopic (exact) mass is 297 g/mol. The number of benzene rings is 2. The second-order valence-electron chi connectivity index (χ2n) is 4.88. The molecule has 0 saturated heterocycles. The van der Waals surface area contributed by atoms with E-state index in [-0.39, 0.29) is 11.8 Å². The first-order valence-corrected chi connectivity index (χ1v) is 6.87. The van der Waals surface area contributed by atoms with Crippen molar-refractivity contribution < 1.29 is 9.59 Å². The minimum atomic E-state index is -0.349. The van der Waals surface area contributed by atoms with Gasteiger partial charge in [0.2, 0.25) is 0 Å². The van der Waals surface area contributed by atoms with Crippen molar-refractivity contribution in [1.29, 1.82) is 0 Å². The number of imide groups is 1. The van der Waals surface area contributed by atoms with E-state index < -0.39 is 0 Å². The van der Waals surface area contributed by atoms with Gasteiger partial charge in [0.25, 0.3) is 11.8 Å². The van der Waals surface area contributed by atoms with E-state index in [1.165, 1.54) is 6.08 Å². The summed E-state index contributed by atoms with van der Waals surface area (Å²) in [6, 6.07) is 14.2. The largest absolute Gasteiger partial charge is 0.269 e. The molecule has 104 valence electrons. The van der Waals surface area contributed by atoms with Crippen LogP contribution in [0.5, 0.6) is 0 Å². The number of rotatable bonds is 2. The molecule has 21 heavy (non-hydrogen) atoms. The summed E-state index contributed by atoms with van der Waals surface area (Å²) in [7, 11) is 0. The summed E-state index contributed by atoms with van der Waals surface area (Å²) in [4.78, 5) is 25.8. The zero-order chi connectivity index (χ0) is 15.0. The van der Waals surface area contributed by atoms with Crippen molar-refractivity contribution in [3.05, 3.63) is 70.8 Å². The van der Waals surface area contributed by atoms with Crippen molar-refractivity contribution in [3.63, 3.8) is 0 Å². The van der Waals surface area contributed by atoms with E-state index >= 15 is 0 Å². The molecule has 0 N–H and O–H groups in total. The Hall–Kier alpha value is -2.39. The van der Waals surface area contributed by atoms with Crippen molar-refractivity contribution >= 4 is 34.7 Å². The normalized spacial score (nSPS) is 14.6. The van der Waals surface area contributed by atoms with Crippen molar-refractivity contribution in [1.82, 2.24) is 0 Å². The molecule has 2 aromatic rings. The van der Waals surface area contributed by atoms with E-state index in [4.69, 9.17) is 11.6 Å². The number of amides is 2. The number of hydrogen-bond acceptors (Lipinski definition) is 2. The van der Waals surface area contributed by atoms with Crippen molar-refractivity contribution in [2.45, 2.75) is 6.92 Å². The summed E-state index contributed by atoms with van der Waals surface area (Å²) < 4.78 is 0. The molecule has 0 atom stereocenters. The number of hydrogen-bond donors (Lipinski definition) is 0. The third kappa shape index (κ3) is 2.48. The molecule has 0 spiro atoms. The van der Waals surface area contributed by atoms with Crippen molar-refractivity contribution in [2.24, 2.45) is 0 Å². The van der Waals surface area contributed by atoms with Gasteiger partial charge >= 0.3 is 0 Å². The number of nitrogens with zero attached hydrogens (tertiary/aromatic N) is 1. The average molecular weight is 298 g/mol. The third-order valence-electron chi connectivity index (χ3n) is 3.35. The SMILES string of the molecule is Cc1ccc(C2=CC(=O)N(c3cccc(Cl)c3)C2=O)cc1. The molecule has 3 nitrogen and oxygen atoms in total.